The zero-order chi connectivity index (χ0) is 12.3. The molecule has 17 heavy (non-hydrogen) atoms. The van der Waals surface area contributed by atoms with Crippen LogP contribution in [0.2, 0.25) is 0 Å². The number of halogens is 1. The molecule has 0 saturated heterocycles. The normalized spacial score (nSPS) is 10.3. The lowest BCUT2D eigenvalue weighted by atomic mass is 10.2. The van der Waals surface area contributed by atoms with E-state index < -0.39 is 0 Å². The maximum Gasteiger partial charge on any atom is 0.237 e. The molecule has 2 aromatic rings. The summed E-state index contributed by atoms with van der Waals surface area (Å²) in [7, 11) is 0. The molecule has 0 atom stereocenters. The molecule has 0 spiro atoms. The van der Waals surface area contributed by atoms with E-state index in [1.807, 2.05) is 6.92 Å². The van der Waals surface area contributed by atoms with Crippen molar-refractivity contribution in [2.75, 3.05) is 0 Å². The fraction of sp³-hybridized carbons (Fsp3) is 0.167. The summed E-state index contributed by atoms with van der Waals surface area (Å²) in [6, 6.07) is 4.34. The molecule has 4 nitrogen and oxygen atoms in total. The van der Waals surface area contributed by atoms with Gasteiger partial charge < -0.3 is 10.5 Å². The van der Waals surface area contributed by atoms with Crippen LogP contribution in [0.4, 0.5) is 4.39 Å². The second-order valence-corrected chi connectivity index (χ2v) is 3.56. The van der Waals surface area contributed by atoms with E-state index in [4.69, 9.17) is 10.5 Å². The summed E-state index contributed by atoms with van der Waals surface area (Å²) in [6.07, 6.45) is 3.00. The lowest BCUT2D eigenvalue weighted by Crippen LogP contribution is -2.00. The molecule has 0 aliphatic carbocycles. The van der Waals surface area contributed by atoms with Gasteiger partial charge in [0.2, 0.25) is 5.88 Å². The van der Waals surface area contributed by atoms with Gasteiger partial charge in [-0.1, -0.05) is 6.07 Å². The lowest BCUT2D eigenvalue weighted by molar-refractivity contribution is 0.451. The number of aryl methyl sites for hydroxylation is 1. The van der Waals surface area contributed by atoms with E-state index >= 15 is 0 Å². The Morgan fingerprint density at radius 1 is 1.29 bits per heavy atom. The molecule has 0 saturated carbocycles. The summed E-state index contributed by atoms with van der Waals surface area (Å²) in [5.41, 5.74) is 6.91. The van der Waals surface area contributed by atoms with E-state index in [0.717, 1.165) is 5.56 Å². The predicted octanol–water partition coefficient (Wildman–Crippen LogP) is 2.18. The van der Waals surface area contributed by atoms with Crippen molar-refractivity contribution in [3.63, 3.8) is 0 Å². The molecular formula is C12H12FN3O. The van der Waals surface area contributed by atoms with Gasteiger partial charge in [-0.25, -0.2) is 9.37 Å². The number of nitrogens with zero attached hydrogens (tertiary/aromatic N) is 2. The summed E-state index contributed by atoms with van der Waals surface area (Å²) >= 11 is 0. The lowest BCUT2D eigenvalue weighted by Gasteiger charge is -2.07. The monoisotopic (exact) mass is 233 g/mol. The van der Waals surface area contributed by atoms with Crippen molar-refractivity contribution in [3.05, 3.63) is 47.7 Å². The Morgan fingerprint density at radius 2 is 2.12 bits per heavy atom. The minimum atomic E-state index is -0.350. The van der Waals surface area contributed by atoms with Crippen LogP contribution in [0.1, 0.15) is 11.3 Å². The molecule has 0 fully saturated rings. The van der Waals surface area contributed by atoms with E-state index in [9.17, 15) is 4.39 Å². The second kappa shape index (κ2) is 4.88. The Kier molecular flexibility index (Phi) is 3.30. The van der Waals surface area contributed by atoms with Crippen molar-refractivity contribution in [1.29, 1.82) is 0 Å². The van der Waals surface area contributed by atoms with Crippen LogP contribution in [-0.2, 0) is 6.54 Å². The molecule has 2 rings (SSSR count). The first-order chi connectivity index (χ1) is 8.19. The van der Waals surface area contributed by atoms with E-state index in [0.29, 0.717) is 23.9 Å². The third kappa shape index (κ3) is 2.76. The van der Waals surface area contributed by atoms with Gasteiger partial charge in [-0.15, -0.1) is 0 Å². The highest BCUT2D eigenvalue weighted by molar-refractivity contribution is 5.35. The van der Waals surface area contributed by atoms with E-state index in [2.05, 4.69) is 9.97 Å². The smallest absolute Gasteiger partial charge is 0.237 e. The molecule has 0 radical (unpaired) electrons. The maximum atomic E-state index is 13.0. The highest BCUT2D eigenvalue weighted by Gasteiger charge is 2.04. The first kappa shape index (κ1) is 11.5. The molecule has 1 aromatic carbocycles. The average Bonchev–Trinajstić information content (AvgIpc) is 2.35. The Bertz CT molecular complexity index is 514. The third-order valence-corrected chi connectivity index (χ3v) is 2.26. The Balaban J connectivity index is 2.22. The van der Waals surface area contributed by atoms with Gasteiger partial charge in [0.05, 0.1) is 18.1 Å². The predicted molar refractivity (Wildman–Crippen MR) is 61.1 cm³/mol. The summed E-state index contributed by atoms with van der Waals surface area (Å²) < 4.78 is 18.5. The maximum absolute atomic E-state index is 13.0. The van der Waals surface area contributed by atoms with Gasteiger partial charge in [0.25, 0.3) is 0 Å². The van der Waals surface area contributed by atoms with Gasteiger partial charge in [-0.2, -0.15) is 0 Å². The van der Waals surface area contributed by atoms with Gasteiger partial charge in [-0.3, -0.25) is 4.98 Å². The molecule has 0 aliphatic rings. The zero-order valence-electron chi connectivity index (χ0n) is 9.35. The van der Waals surface area contributed by atoms with Crippen molar-refractivity contribution in [2.45, 2.75) is 13.5 Å². The fourth-order valence-electron chi connectivity index (χ4n) is 1.30. The van der Waals surface area contributed by atoms with E-state index in [1.54, 1.807) is 6.07 Å². The van der Waals surface area contributed by atoms with Gasteiger partial charge >= 0.3 is 0 Å². The fourth-order valence-corrected chi connectivity index (χ4v) is 1.30. The minimum absolute atomic E-state index is 0.316. The highest BCUT2D eigenvalue weighted by Crippen LogP contribution is 2.23. The SMILES string of the molecule is Cc1ccc(F)cc1Oc1cnc(CN)cn1. The molecule has 0 aliphatic heterocycles. The number of nitrogens with two attached hydrogens (primary N) is 1. The first-order valence-electron chi connectivity index (χ1n) is 5.14. The summed E-state index contributed by atoms with van der Waals surface area (Å²) in [4.78, 5) is 8.07. The molecule has 1 aromatic heterocycles. The molecule has 0 amide bonds. The van der Waals surface area contributed by atoms with Crippen LogP contribution in [0, 0.1) is 12.7 Å². The van der Waals surface area contributed by atoms with Crippen molar-refractivity contribution in [3.8, 4) is 11.6 Å². The molecule has 0 bridgehead atoms. The number of hydrogen-bond donors (Lipinski definition) is 1. The number of rotatable bonds is 3. The molecule has 0 unspecified atom stereocenters. The van der Waals surface area contributed by atoms with Crippen LogP contribution < -0.4 is 10.5 Å². The standard InChI is InChI=1S/C12H12FN3O/c1-8-2-3-9(13)4-11(8)17-12-7-15-10(5-14)6-16-12/h2-4,6-7H,5,14H2,1H3. The second-order valence-electron chi connectivity index (χ2n) is 3.56. The van der Waals surface area contributed by atoms with Crippen LogP contribution in [0.3, 0.4) is 0 Å². The van der Waals surface area contributed by atoms with Crippen molar-refractivity contribution >= 4 is 0 Å². The van der Waals surface area contributed by atoms with Crippen LogP contribution in [0.5, 0.6) is 11.6 Å². The third-order valence-electron chi connectivity index (χ3n) is 2.26. The number of hydrogen-bond acceptors (Lipinski definition) is 4. The van der Waals surface area contributed by atoms with Crippen LogP contribution >= 0.6 is 0 Å². The Hall–Kier alpha value is -2.01. The quantitative estimate of drug-likeness (QED) is 0.882. The van der Waals surface area contributed by atoms with Crippen molar-refractivity contribution < 1.29 is 9.13 Å². The topological polar surface area (TPSA) is 61.0 Å². The van der Waals surface area contributed by atoms with Gasteiger partial charge in [-0.05, 0) is 18.6 Å². The largest absolute Gasteiger partial charge is 0.437 e. The van der Waals surface area contributed by atoms with Crippen LogP contribution in [0.15, 0.2) is 30.6 Å². The number of aromatic nitrogens is 2. The van der Waals surface area contributed by atoms with Crippen molar-refractivity contribution in [1.82, 2.24) is 9.97 Å². The number of ether oxygens (including phenoxy) is 1. The molecular weight excluding hydrogens is 221 g/mol. The minimum Gasteiger partial charge on any atom is -0.437 e. The van der Waals surface area contributed by atoms with Gasteiger partial charge in [0.1, 0.15) is 11.6 Å². The van der Waals surface area contributed by atoms with E-state index in [-0.39, 0.29) is 5.82 Å². The summed E-state index contributed by atoms with van der Waals surface area (Å²) in [6.45, 7) is 2.16. The average molecular weight is 233 g/mol. The zero-order valence-corrected chi connectivity index (χ0v) is 9.35. The van der Waals surface area contributed by atoms with Crippen molar-refractivity contribution in [2.24, 2.45) is 5.73 Å². The van der Waals surface area contributed by atoms with Gasteiger partial charge in [0.15, 0.2) is 0 Å². The highest BCUT2D eigenvalue weighted by atomic mass is 19.1. The van der Waals surface area contributed by atoms with E-state index in [1.165, 1.54) is 24.5 Å². The first-order valence-corrected chi connectivity index (χ1v) is 5.14. The molecule has 5 heteroatoms. The Morgan fingerprint density at radius 3 is 2.76 bits per heavy atom. The van der Waals surface area contributed by atoms with Crippen LogP contribution in [-0.4, -0.2) is 9.97 Å². The van der Waals surface area contributed by atoms with Crippen LogP contribution in [0.25, 0.3) is 0 Å². The van der Waals surface area contributed by atoms with Gasteiger partial charge in [0, 0.05) is 12.6 Å². The molecule has 2 N–H and O–H groups in total. The molecule has 88 valence electrons. The summed E-state index contributed by atoms with van der Waals surface area (Å²) in [5, 5.41) is 0. The Labute approximate surface area is 98.3 Å². The summed E-state index contributed by atoms with van der Waals surface area (Å²) in [5.74, 6) is 0.396. The molecule has 1 heterocycles. The number of benzene rings is 1.